The highest BCUT2D eigenvalue weighted by atomic mass is 79.9. The van der Waals surface area contributed by atoms with Gasteiger partial charge < -0.3 is 15.7 Å². The van der Waals surface area contributed by atoms with E-state index in [1.165, 1.54) is 12.1 Å². The van der Waals surface area contributed by atoms with Crippen molar-refractivity contribution in [3.8, 4) is 0 Å². The number of benzene rings is 1. The summed E-state index contributed by atoms with van der Waals surface area (Å²) in [5.41, 5.74) is 0.291. The Balaban J connectivity index is 2.22. The standard InChI is InChI=1S/C15H19BrN2O3/c1-2-15(5-7-17-8-6-15)14(21)18-12-9-10(13(19)20)3-4-11(12)16/h3-4,9,17H,2,5-8H2,1H3,(H,18,21)(H,19,20). The van der Waals surface area contributed by atoms with E-state index in [1.807, 2.05) is 6.92 Å². The van der Waals surface area contributed by atoms with Gasteiger partial charge in [-0.15, -0.1) is 0 Å². The molecule has 1 aromatic rings. The van der Waals surface area contributed by atoms with Crippen molar-refractivity contribution in [2.75, 3.05) is 18.4 Å². The van der Waals surface area contributed by atoms with Crippen molar-refractivity contribution in [2.24, 2.45) is 5.41 Å². The van der Waals surface area contributed by atoms with Crippen molar-refractivity contribution in [3.05, 3.63) is 28.2 Å². The van der Waals surface area contributed by atoms with Crippen molar-refractivity contribution < 1.29 is 14.7 Å². The van der Waals surface area contributed by atoms with Crippen LogP contribution in [0, 0.1) is 5.41 Å². The Morgan fingerprint density at radius 1 is 1.38 bits per heavy atom. The fourth-order valence-corrected chi connectivity index (χ4v) is 3.00. The Hall–Kier alpha value is -1.40. The SMILES string of the molecule is CCC1(C(=O)Nc2cc(C(=O)O)ccc2Br)CCNCC1. The summed E-state index contributed by atoms with van der Waals surface area (Å²) >= 11 is 3.35. The lowest BCUT2D eigenvalue weighted by atomic mass is 9.76. The van der Waals surface area contributed by atoms with Gasteiger partial charge in [-0.1, -0.05) is 6.92 Å². The molecule has 0 saturated carbocycles. The van der Waals surface area contributed by atoms with Crippen molar-refractivity contribution >= 4 is 33.5 Å². The Kier molecular flexibility index (Phi) is 5.00. The summed E-state index contributed by atoms with van der Waals surface area (Å²) in [6.45, 7) is 3.68. The maximum Gasteiger partial charge on any atom is 0.335 e. The van der Waals surface area contributed by atoms with E-state index in [1.54, 1.807) is 6.07 Å². The van der Waals surface area contributed by atoms with Crippen LogP contribution in [0.3, 0.4) is 0 Å². The second kappa shape index (κ2) is 6.58. The summed E-state index contributed by atoms with van der Waals surface area (Å²) in [5, 5.41) is 15.2. The molecule has 5 nitrogen and oxygen atoms in total. The number of amides is 1. The minimum atomic E-state index is -1.01. The number of carboxylic acids is 1. The number of carbonyl (C=O) groups is 2. The molecular formula is C15H19BrN2O3. The normalized spacial score (nSPS) is 17.2. The third-order valence-corrected chi connectivity index (χ3v) is 4.87. The first-order chi connectivity index (χ1) is 9.98. The maximum absolute atomic E-state index is 12.6. The summed E-state index contributed by atoms with van der Waals surface area (Å²) in [4.78, 5) is 23.7. The van der Waals surface area contributed by atoms with E-state index in [2.05, 4.69) is 26.6 Å². The van der Waals surface area contributed by atoms with Crippen molar-refractivity contribution in [3.63, 3.8) is 0 Å². The lowest BCUT2D eigenvalue weighted by Crippen LogP contribution is -2.44. The van der Waals surface area contributed by atoms with E-state index in [0.29, 0.717) is 10.2 Å². The first-order valence-electron chi connectivity index (χ1n) is 7.03. The molecule has 0 aromatic heterocycles. The third-order valence-electron chi connectivity index (χ3n) is 4.18. The Morgan fingerprint density at radius 3 is 2.62 bits per heavy atom. The van der Waals surface area contributed by atoms with Crippen LogP contribution in [0.15, 0.2) is 22.7 Å². The highest BCUT2D eigenvalue weighted by Crippen LogP contribution is 2.35. The van der Waals surface area contributed by atoms with Crippen LogP contribution in [-0.2, 0) is 4.79 Å². The van der Waals surface area contributed by atoms with Crippen LogP contribution in [0.2, 0.25) is 0 Å². The molecule has 0 unspecified atom stereocenters. The topological polar surface area (TPSA) is 78.4 Å². The van der Waals surface area contributed by atoms with Gasteiger partial charge in [0.15, 0.2) is 0 Å². The van der Waals surface area contributed by atoms with Crippen LogP contribution in [0.4, 0.5) is 5.69 Å². The molecule has 6 heteroatoms. The molecule has 1 aromatic carbocycles. The molecule has 0 atom stereocenters. The highest BCUT2D eigenvalue weighted by Gasteiger charge is 2.37. The van der Waals surface area contributed by atoms with Crippen LogP contribution in [0.5, 0.6) is 0 Å². The minimum Gasteiger partial charge on any atom is -0.478 e. The number of nitrogens with one attached hydrogen (secondary N) is 2. The first kappa shape index (κ1) is 16.0. The van der Waals surface area contributed by atoms with E-state index < -0.39 is 5.97 Å². The van der Waals surface area contributed by atoms with Gasteiger partial charge in [0.1, 0.15) is 0 Å². The summed E-state index contributed by atoms with van der Waals surface area (Å²) < 4.78 is 0.682. The van der Waals surface area contributed by atoms with E-state index >= 15 is 0 Å². The van der Waals surface area contributed by atoms with Crippen LogP contribution < -0.4 is 10.6 Å². The molecule has 3 N–H and O–H groups in total. The zero-order valence-electron chi connectivity index (χ0n) is 11.9. The van der Waals surface area contributed by atoms with Crippen LogP contribution >= 0.6 is 15.9 Å². The molecule has 1 heterocycles. The molecule has 1 aliphatic heterocycles. The average molecular weight is 355 g/mol. The van der Waals surface area contributed by atoms with Gasteiger partial charge in [0, 0.05) is 4.47 Å². The lowest BCUT2D eigenvalue weighted by Gasteiger charge is -2.35. The first-order valence-corrected chi connectivity index (χ1v) is 7.83. The number of hydrogen-bond donors (Lipinski definition) is 3. The molecule has 1 amide bonds. The molecule has 0 aliphatic carbocycles. The highest BCUT2D eigenvalue weighted by molar-refractivity contribution is 9.10. The molecule has 1 fully saturated rings. The van der Waals surface area contributed by atoms with E-state index in [9.17, 15) is 9.59 Å². The van der Waals surface area contributed by atoms with E-state index in [-0.39, 0.29) is 16.9 Å². The second-order valence-electron chi connectivity index (χ2n) is 5.34. The second-order valence-corrected chi connectivity index (χ2v) is 6.19. The quantitative estimate of drug-likeness (QED) is 0.776. The van der Waals surface area contributed by atoms with Gasteiger partial charge in [-0.05, 0) is 66.5 Å². The van der Waals surface area contributed by atoms with Crippen LogP contribution in [0.25, 0.3) is 0 Å². The smallest absolute Gasteiger partial charge is 0.335 e. The van der Waals surface area contributed by atoms with E-state index in [0.717, 1.165) is 32.4 Å². The van der Waals surface area contributed by atoms with Crippen molar-refractivity contribution in [1.82, 2.24) is 5.32 Å². The van der Waals surface area contributed by atoms with Gasteiger partial charge in [0.25, 0.3) is 0 Å². The van der Waals surface area contributed by atoms with Gasteiger partial charge in [-0.3, -0.25) is 4.79 Å². The van der Waals surface area contributed by atoms with Gasteiger partial charge in [-0.25, -0.2) is 4.79 Å². The zero-order chi connectivity index (χ0) is 15.5. The predicted octanol–water partition coefficient (Wildman–Crippen LogP) is 2.87. The minimum absolute atomic E-state index is 0.0326. The zero-order valence-corrected chi connectivity index (χ0v) is 13.5. The summed E-state index contributed by atoms with van der Waals surface area (Å²) in [6.07, 6.45) is 2.37. The van der Waals surface area contributed by atoms with Gasteiger partial charge >= 0.3 is 5.97 Å². The molecular weight excluding hydrogens is 336 g/mol. The van der Waals surface area contributed by atoms with Crippen molar-refractivity contribution in [1.29, 1.82) is 0 Å². The number of aromatic carboxylic acids is 1. The Bertz CT molecular complexity index is 554. The van der Waals surface area contributed by atoms with Gasteiger partial charge in [-0.2, -0.15) is 0 Å². The largest absolute Gasteiger partial charge is 0.478 e. The number of halogens is 1. The van der Waals surface area contributed by atoms with Gasteiger partial charge in [0.05, 0.1) is 16.7 Å². The van der Waals surface area contributed by atoms with Crippen LogP contribution in [-0.4, -0.2) is 30.1 Å². The summed E-state index contributed by atoms with van der Waals surface area (Å²) in [6, 6.07) is 4.62. The number of carbonyl (C=O) groups excluding carboxylic acids is 1. The van der Waals surface area contributed by atoms with Gasteiger partial charge in [0.2, 0.25) is 5.91 Å². The Morgan fingerprint density at radius 2 is 2.05 bits per heavy atom. The molecule has 1 saturated heterocycles. The number of rotatable bonds is 4. The Labute approximate surface area is 132 Å². The maximum atomic E-state index is 12.6. The molecule has 0 radical (unpaired) electrons. The third kappa shape index (κ3) is 3.44. The lowest BCUT2D eigenvalue weighted by molar-refractivity contribution is -0.127. The molecule has 1 aliphatic rings. The molecule has 2 rings (SSSR count). The monoisotopic (exact) mass is 354 g/mol. The number of hydrogen-bond acceptors (Lipinski definition) is 3. The summed E-state index contributed by atoms with van der Waals surface area (Å²) in [5.74, 6) is -1.04. The average Bonchev–Trinajstić information content (AvgIpc) is 2.49. The van der Waals surface area contributed by atoms with E-state index in [4.69, 9.17) is 5.11 Å². The number of carboxylic acid groups (broad SMARTS) is 1. The summed E-state index contributed by atoms with van der Waals surface area (Å²) in [7, 11) is 0. The number of anilines is 1. The molecule has 0 bridgehead atoms. The van der Waals surface area contributed by atoms with Crippen LogP contribution in [0.1, 0.15) is 36.5 Å². The van der Waals surface area contributed by atoms with Crippen molar-refractivity contribution in [2.45, 2.75) is 26.2 Å². The number of piperidine rings is 1. The molecule has 114 valence electrons. The predicted molar refractivity (Wildman–Crippen MR) is 84.6 cm³/mol. The fraction of sp³-hybridized carbons (Fsp3) is 0.467. The molecule has 0 spiro atoms. The molecule has 21 heavy (non-hydrogen) atoms. The fourth-order valence-electron chi connectivity index (χ4n) is 2.66.